The van der Waals surface area contributed by atoms with E-state index in [0.29, 0.717) is 22.3 Å². The molecule has 132 valence electrons. The Morgan fingerprint density at radius 1 is 1.17 bits per heavy atom. The molecule has 1 N–H and O–H groups in total. The van der Waals surface area contributed by atoms with Crippen LogP contribution in [0.4, 0.5) is 5.69 Å². The maximum Gasteiger partial charge on any atom is 0.223 e. The van der Waals surface area contributed by atoms with E-state index in [2.05, 4.69) is 5.32 Å². The first kappa shape index (κ1) is 19.1. The first-order valence-corrected chi connectivity index (χ1v) is 9.25. The lowest BCUT2D eigenvalue weighted by Crippen LogP contribution is -2.38. The van der Waals surface area contributed by atoms with E-state index in [1.165, 1.54) is 37.5 Å². The van der Waals surface area contributed by atoms with Gasteiger partial charge < -0.3 is 10.2 Å². The van der Waals surface area contributed by atoms with Crippen LogP contribution in [-0.4, -0.2) is 24.4 Å². The van der Waals surface area contributed by atoms with Gasteiger partial charge in [-0.1, -0.05) is 48.9 Å². The summed E-state index contributed by atoms with van der Waals surface area (Å²) in [6.45, 7) is 1.77. The molecule has 0 heterocycles. The Bertz CT molecular complexity index is 584. The quantitative estimate of drug-likeness (QED) is 0.771. The fraction of sp³-hybridized carbons (Fsp3) is 0.556. The number of nitrogens with zero attached hydrogens (tertiary/aromatic N) is 1. The Kier molecular flexibility index (Phi) is 7.38. The van der Waals surface area contributed by atoms with Gasteiger partial charge in [0, 0.05) is 31.0 Å². The van der Waals surface area contributed by atoms with Crippen LogP contribution in [0.25, 0.3) is 0 Å². The summed E-state index contributed by atoms with van der Waals surface area (Å²) in [5, 5.41) is 4.01. The average molecular weight is 371 g/mol. The lowest BCUT2D eigenvalue weighted by atomic mass is 10.1. The van der Waals surface area contributed by atoms with Crippen LogP contribution in [0.15, 0.2) is 18.2 Å². The highest BCUT2D eigenvalue weighted by Gasteiger charge is 2.18. The van der Waals surface area contributed by atoms with Crippen molar-refractivity contribution in [3.8, 4) is 0 Å². The molecule has 4 nitrogen and oxygen atoms in total. The molecule has 6 heteroatoms. The number of benzene rings is 1. The first-order valence-electron chi connectivity index (χ1n) is 8.50. The molecule has 0 atom stereocenters. The number of hydrogen-bond donors (Lipinski definition) is 1. The molecule has 1 aliphatic rings. The molecule has 0 aliphatic heterocycles. The van der Waals surface area contributed by atoms with E-state index in [0.717, 1.165) is 12.8 Å². The molecule has 24 heavy (non-hydrogen) atoms. The summed E-state index contributed by atoms with van der Waals surface area (Å²) in [5.41, 5.74) is 0.579. The van der Waals surface area contributed by atoms with Crippen molar-refractivity contribution < 1.29 is 9.59 Å². The van der Waals surface area contributed by atoms with Crippen molar-refractivity contribution >= 4 is 40.7 Å². The fourth-order valence-electron chi connectivity index (χ4n) is 3.08. The van der Waals surface area contributed by atoms with Gasteiger partial charge in [-0.3, -0.25) is 9.59 Å². The standard InChI is InChI=1S/C18H24Cl2N2O2/c1-13(23)22(17-9-8-14(19)12-16(17)20)11-10-18(24)21-15-6-4-2-3-5-7-15/h8-9,12,15H,2-7,10-11H2,1H3,(H,21,24). The van der Waals surface area contributed by atoms with Gasteiger partial charge in [0.05, 0.1) is 10.7 Å². The number of amides is 2. The van der Waals surface area contributed by atoms with E-state index >= 15 is 0 Å². The Morgan fingerprint density at radius 2 is 1.83 bits per heavy atom. The number of carbonyl (C=O) groups is 2. The van der Waals surface area contributed by atoms with Gasteiger partial charge in [0.15, 0.2) is 0 Å². The zero-order valence-corrected chi connectivity index (χ0v) is 15.5. The van der Waals surface area contributed by atoms with Crippen molar-refractivity contribution in [3.63, 3.8) is 0 Å². The molecular formula is C18H24Cl2N2O2. The van der Waals surface area contributed by atoms with Crippen molar-refractivity contribution in [1.82, 2.24) is 5.32 Å². The first-order chi connectivity index (χ1) is 11.5. The summed E-state index contributed by atoms with van der Waals surface area (Å²) in [6.07, 6.45) is 7.19. The summed E-state index contributed by atoms with van der Waals surface area (Å²) >= 11 is 12.1. The summed E-state index contributed by atoms with van der Waals surface area (Å²) < 4.78 is 0. The maximum atomic E-state index is 12.2. The molecule has 0 unspecified atom stereocenters. The third kappa shape index (κ3) is 5.67. The lowest BCUT2D eigenvalue weighted by Gasteiger charge is -2.23. The van der Waals surface area contributed by atoms with Crippen molar-refractivity contribution in [3.05, 3.63) is 28.2 Å². The van der Waals surface area contributed by atoms with Crippen LogP contribution in [-0.2, 0) is 9.59 Å². The molecule has 0 bridgehead atoms. The second-order valence-electron chi connectivity index (χ2n) is 6.27. The van der Waals surface area contributed by atoms with Gasteiger partial charge in [-0.05, 0) is 31.0 Å². The molecule has 1 saturated carbocycles. The Balaban J connectivity index is 1.93. The highest BCUT2D eigenvalue weighted by atomic mass is 35.5. The smallest absolute Gasteiger partial charge is 0.223 e. The van der Waals surface area contributed by atoms with Crippen LogP contribution in [0.3, 0.4) is 0 Å². The number of anilines is 1. The minimum Gasteiger partial charge on any atom is -0.353 e. The molecule has 0 radical (unpaired) electrons. The number of nitrogens with one attached hydrogen (secondary N) is 1. The van der Waals surface area contributed by atoms with Crippen LogP contribution >= 0.6 is 23.2 Å². The zero-order valence-electron chi connectivity index (χ0n) is 14.0. The highest BCUT2D eigenvalue weighted by molar-refractivity contribution is 6.36. The van der Waals surface area contributed by atoms with Crippen LogP contribution in [0, 0.1) is 0 Å². The number of halogens is 2. The van der Waals surface area contributed by atoms with E-state index in [1.807, 2.05) is 0 Å². The van der Waals surface area contributed by atoms with E-state index in [-0.39, 0.29) is 24.3 Å². The van der Waals surface area contributed by atoms with Gasteiger partial charge in [-0.2, -0.15) is 0 Å². The minimum absolute atomic E-state index is 0.0155. The van der Waals surface area contributed by atoms with Gasteiger partial charge >= 0.3 is 0 Å². The molecule has 1 aromatic rings. The third-order valence-corrected chi connectivity index (χ3v) is 4.90. The van der Waals surface area contributed by atoms with Gasteiger partial charge in [-0.15, -0.1) is 0 Å². The summed E-state index contributed by atoms with van der Waals surface area (Å²) in [4.78, 5) is 25.7. The predicted octanol–water partition coefficient (Wildman–Crippen LogP) is 4.58. The molecule has 2 amide bonds. The minimum atomic E-state index is -0.151. The largest absolute Gasteiger partial charge is 0.353 e. The van der Waals surface area contributed by atoms with E-state index < -0.39 is 0 Å². The van der Waals surface area contributed by atoms with Crippen molar-refractivity contribution in [2.75, 3.05) is 11.4 Å². The van der Waals surface area contributed by atoms with Crippen molar-refractivity contribution in [2.24, 2.45) is 0 Å². The van der Waals surface area contributed by atoms with Crippen molar-refractivity contribution in [1.29, 1.82) is 0 Å². The van der Waals surface area contributed by atoms with Gasteiger partial charge in [0.1, 0.15) is 0 Å². The topological polar surface area (TPSA) is 49.4 Å². The second kappa shape index (κ2) is 9.28. The van der Waals surface area contributed by atoms with Crippen LogP contribution in [0.1, 0.15) is 51.9 Å². The Labute approximate surface area is 153 Å². The second-order valence-corrected chi connectivity index (χ2v) is 7.12. The molecule has 0 saturated heterocycles. The SMILES string of the molecule is CC(=O)N(CCC(=O)NC1CCCCCC1)c1ccc(Cl)cc1Cl. The van der Waals surface area contributed by atoms with Gasteiger partial charge in [0.2, 0.25) is 11.8 Å². The predicted molar refractivity (Wildman–Crippen MR) is 98.7 cm³/mol. The number of carbonyl (C=O) groups excluding carboxylic acids is 2. The molecule has 1 aromatic carbocycles. The molecule has 1 aliphatic carbocycles. The monoisotopic (exact) mass is 370 g/mol. The average Bonchev–Trinajstić information content (AvgIpc) is 2.77. The van der Waals surface area contributed by atoms with Crippen LogP contribution < -0.4 is 10.2 Å². The fourth-order valence-corrected chi connectivity index (χ4v) is 3.60. The molecule has 1 fully saturated rings. The maximum absolute atomic E-state index is 12.2. The lowest BCUT2D eigenvalue weighted by molar-refractivity contribution is -0.121. The van der Waals surface area contributed by atoms with Crippen LogP contribution in [0.5, 0.6) is 0 Å². The van der Waals surface area contributed by atoms with E-state index in [1.54, 1.807) is 18.2 Å². The van der Waals surface area contributed by atoms with Crippen LogP contribution in [0.2, 0.25) is 10.0 Å². The number of hydrogen-bond acceptors (Lipinski definition) is 2. The molecule has 0 aromatic heterocycles. The van der Waals surface area contributed by atoms with Gasteiger partial charge in [0.25, 0.3) is 0 Å². The molecule has 2 rings (SSSR count). The zero-order chi connectivity index (χ0) is 17.5. The van der Waals surface area contributed by atoms with Gasteiger partial charge in [-0.25, -0.2) is 0 Å². The molecule has 0 spiro atoms. The van der Waals surface area contributed by atoms with Crippen molar-refractivity contribution in [2.45, 2.75) is 57.9 Å². The summed E-state index contributed by atoms with van der Waals surface area (Å²) in [5.74, 6) is -0.167. The van der Waals surface area contributed by atoms with E-state index in [4.69, 9.17) is 23.2 Å². The third-order valence-electron chi connectivity index (χ3n) is 4.36. The summed E-state index contributed by atoms with van der Waals surface area (Å²) in [7, 11) is 0. The Morgan fingerprint density at radius 3 is 2.42 bits per heavy atom. The highest BCUT2D eigenvalue weighted by Crippen LogP contribution is 2.29. The van der Waals surface area contributed by atoms with E-state index in [9.17, 15) is 9.59 Å². The Hall–Kier alpha value is -1.26. The molecular weight excluding hydrogens is 347 g/mol. The number of rotatable bonds is 5. The normalized spacial score (nSPS) is 15.6. The summed E-state index contributed by atoms with van der Waals surface area (Å²) in [6, 6.07) is 5.25.